The number of hydrogen-bond acceptors (Lipinski definition) is 8. The highest BCUT2D eigenvalue weighted by atomic mass is 16.9. The van der Waals surface area contributed by atoms with Gasteiger partial charge in [-0.3, -0.25) is 9.59 Å². The maximum Gasteiger partial charge on any atom is 0.252 e. The van der Waals surface area contributed by atoms with Crippen LogP contribution in [0.1, 0.15) is 34.6 Å². The Bertz CT molecular complexity index is 888. The van der Waals surface area contributed by atoms with Gasteiger partial charge < -0.3 is 39.1 Å². The van der Waals surface area contributed by atoms with E-state index in [1.165, 1.54) is 7.11 Å². The third-order valence-electron chi connectivity index (χ3n) is 5.53. The van der Waals surface area contributed by atoms with E-state index in [0.717, 1.165) is 0 Å². The Morgan fingerprint density at radius 3 is 2.31 bits per heavy atom. The van der Waals surface area contributed by atoms with Crippen molar-refractivity contribution >= 4 is 17.5 Å². The molecule has 0 bridgehead atoms. The van der Waals surface area contributed by atoms with Crippen LogP contribution < -0.4 is 15.4 Å². The lowest BCUT2D eigenvalue weighted by atomic mass is 9.98. The van der Waals surface area contributed by atoms with E-state index >= 15 is 0 Å². The maximum absolute atomic E-state index is 13.1. The number of nitrogens with one attached hydrogen (secondary N) is 2. The molecule has 0 radical (unpaired) electrons. The number of carbonyl (C=O) groups excluding carboxylic acids is 2. The molecule has 2 N–H and O–H groups in total. The van der Waals surface area contributed by atoms with Crippen molar-refractivity contribution in [2.24, 2.45) is 0 Å². The fraction of sp³-hybridized carbons (Fsp3) is 0.636. The second-order valence-electron chi connectivity index (χ2n) is 9.01. The van der Waals surface area contributed by atoms with Gasteiger partial charge in [0.15, 0.2) is 24.0 Å². The molecule has 0 saturated carbocycles. The molecule has 1 aromatic carbocycles. The number of rotatable bonds is 5. The number of fused-ring (bicyclic) bond motifs is 3. The van der Waals surface area contributed by atoms with Crippen LogP contribution in [0.2, 0.25) is 0 Å². The van der Waals surface area contributed by atoms with E-state index in [2.05, 4.69) is 10.6 Å². The Balaban J connectivity index is 1.45. The van der Waals surface area contributed by atoms with Gasteiger partial charge in [0.1, 0.15) is 30.1 Å². The molecule has 3 saturated heterocycles. The van der Waals surface area contributed by atoms with Crippen molar-refractivity contribution in [3.05, 3.63) is 24.3 Å². The lowest BCUT2D eigenvalue weighted by Gasteiger charge is -2.36. The molecule has 6 atom stereocenters. The number of methoxy groups -OCH3 is 1. The van der Waals surface area contributed by atoms with Gasteiger partial charge in [-0.05, 0) is 46.8 Å². The average Bonchev–Trinajstić information content (AvgIpc) is 3.21. The van der Waals surface area contributed by atoms with Gasteiger partial charge in [0.25, 0.3) is 5.91 Å². The van der Waals surface area contributed by atoms with Crippen LogP contribution in [0, 0.1) is 0 Å². The molecular formula is C22H30N2O8. The fourth-order valence-corrected chi connectivity index (χ4v) is 4.17. The molecule has 176 valence electrons. The highest BCUT2D eigenvalue weighted by Gasteiger charge is 2.62. The standard InChI is InChI=1S/C22H30N2O8/c1-11(18(25)24-12-9-7-8-10-13(12)27-6)23-19(26)16-14-15(30-21(2,3)29-14)17-20(28-16)32-22(4,5)31-17/h7-11,14-17,20H,1-6H3,(H,23,26)(H,24,25)/t11?,14-,15+,16?,17-,20-/m1/s1. The summed E-state index contributed by atoms with van der Waals surface area (Å²) < 4.78 is 34.9. The Hall–Kier alpha value is -2.24. The zero-order valence-electron chi connectivity index (χ0n) is 19.0. The maximum atomic E-state index is 13.1. The van der Waals surface area contributed by atoms with E-state index in [-0.39, 0.29) is 0 Å². The number of ether oxygens (including phenoxy) is 6. The predicted octanol–water partition coefficient (Wildman–Crippen LogP) is 1.53. The number of amides is 2. The summed E-state index contributed by atoms with van der Waals surface area (Å²) in [5.74, 6) is -2.20. The minimum Gasteiger partial charge on any atom is -0.495 e. The minimum absolute atomic E-state index is 0.404. The number of para-hydroxylation sites is 2. The molecule has 0 aliphatic carbocycles. The number of hydrogen-bond donors (Lipinski definition) is 2. The zero-order valence-corrected chi connectivity index (χ0v) is 19.0. The van der Waals surface area contributed by atoms with Crippen LogP contribution in [0.25, 0.3) is 0 Å². The minimum atomic E-state index is -1.04. The topological polar surface area (TPSA) is 114 Å². The van der Waals surface area contributed by atoms with Gasteiger partial charge in [-0.25, -0.2) is 0 Å². The highest BCUT2D eigenvalue weighted by molar-refractivity contribution is 5.98. The number of carbonyl (C=O) groups is 2. The summed E-state index contributed by atoms with van der Waals surface area (Å²) in [5, 5.41) is 5.46. The van der Waals surface area contributed by atoms with Crippen molar-refractivity contribution < 1.29 is 38.0 Å². The SMILES string of the molecule is COc1ccccc1NC(=O)C(C)NC(=O)C1O[C@@H]2OC(C)(C)O[C@@H]2[C@H]2OC(C)(C)O[C@@H]12. The van der Waals surface area contributed by atoms with Gasteiger partial charge in [-0.1, -0.05) is 12.1 Å². The van der Waals surface area contributed by atoms with Crippen molar-refractivity contribution in [1.82, 2.24) is 5.32 Å². The van der Waals surface area contributed by atoms with Crippen LogP contribution in [0.3, 0.4) is 0 Å². The molecule has 3 aliphatic rings. The Kier molecular flexibility index (Phi) is 5.93. The van der Waals surface area contributed by atoms with Gasteiger partial charge in [-0.2, -0.15) is 0 Å². The Morgan fingerprint density at radius 2 is 1.59 bits per heavy atom. The van der Waals surface area contributed by atoms with E-state index < -0.39 is 60.1 Å². The normalized spacial score (nSPS) is 33.0. The molecular weight excluding hydrogens is 420 g/mol. The summed E-state index contributed by atoms with van der Waals surface area (Å²) in [7, 11) is 1.52. The summed E-state index contributed by atoms with van der Waals surface area (Å²) in [6.45, 7) is 8.65. The summed E-state index contributed by atoms with van der Waals surface area (Å²) in [6.07, 6.45) is -3.64. The molecule has 0 aromatic heterocycles. The van der Waals surface area contributed by atoms with E-state index in [4.69, 9.17) is 28.4 Å². The first kappa shape index (κ1) is 22.9. The van der Waals surface area contributed by atoms with Crippen molar-refractivity contribution in [3.63, 3.8) is 0 Å². The molecule has 1 aromatic rings. The first-order valence-electron chi connectivity index (χ1n) is 10.6. The second kappa shape index (κ2) is 8.27. The number of anilines is 1. The summed E-state index contributed by atoms with van der Waals surface area (Å²) in [6, 6.07) is 6.17. The number of benzene rings is 1. The van der Waals surface area contributed by atoms with Gasteiger partial charge in [0.2, 0.25) is 5.91 Å². The van der Waals surface area contributed by atoms with E-state index in [1.54, 1.807) is 58.9 Å². The zero-order chi connectivity index (χ0) is 23.3. The van der Waals surface area contributed by atoms with Gasteiger partial charge in [0.05, 0.1) is 12.8 Å². The average molecular weight is 450 g/mol. The summed E-state index contributed by atoms with van der Waals surface area (Å²) in [5.41, 5.74) is 0.505. The van der Waals surface area contributed by atoms with Crippen LogP contribution in [-0.2, 0) is 33.3 Å². The van der Waals surface area contributed by atoms with Crippen LogP contribution in [0.4, 0.5) is 5.69 Å². The quantitative estimate of drug-likeness (QED) is 0.695. The van der Waals surface area contributed by atoms with Crippen molar-refractivity contribution in [2.75, 3.05) is 12.4 Å². The molecule has 2 amide bonds. The smallest absolute Gasteiger partial charge is 0.252 e. The lowest BCUT2D eigenvalue weighted by Crippen LogP contribution is -2.60. The Labute approximate surface area is 186 Å². The molecule has 4 rings (SSSR count). The van der Waals surface area contributed by atoms with Crippen molar-refractivity contribution in [2.45, 2.75) is 82.9 Å². The first-order chi connectivity index (χ1) is 15.0. The molecule has 0 spiro atoms. The van der Waals surface area contributed by atoms with E-state index in [0.29, 0.717) is 11.4 Å². The second-order valence-corrected chi connectivity index (χ2v) is 9.01. The largest absolute Gasteiger partial charge is 0.495 e. The van der Waals surface area contributed by atoms with Crippen LogP contribution >= 0.6 is 0 Å². The van der Waals surface area contributed by atoms with Gasteiger partial charge >= 0.3 is 0 Å². The monoisotopic (exact) mass is 450 g/mol. The third kappa shape index (κ3) is 4.46. The Morgan fingerprint density at radius 1 is 0.969 bits per heavy atom. The van der Waals surface area contributed by atoms with Gasteiger partial charge in [0, 0.05) is 0 Å². The summed E-state index contributed by atoms with van der Waals surface area (Å²) in [4.78, 5) is 25.8. The van der Waals surface area contributed by atoms with E-state index in [9.17, 15) is 9.59 Å². The van der Waals surface area contributed by atoms with Gasteiger partial charge in [-0.15, -0.1) is 0 Å². The fourth-order valence-electron chi connectivity index (χ4n) is 4.17. The van der Waals surface area contributed by atoms with Crippen molar-refractivity contribution in [1.29, 1.82) is 0 Å². The van der Waals surface area contributed by atoms with Crippen LogP contribution in [0.15, 0.2) is 24.3 Å². The molecule has 10 heteroatoms. The molecule has 10 nitrogen and oxygen atoms in total. The third-order valence-corrected chi connectivity index (χ3v) is 5.53. The molecule has 2 unspecified atom stereocenters. The highest BCUT2D eigenvalue weighted by Crippen LogP contribution is 2.44. The van der Waals surface area contributed by atoms with E-state index in [1.807, 2.05) is 0 Å². The lowest BCUT2D eigenvalue weighted by molar-refractivity contribution is -0.231. The van der Waals surface area contributed by atoms with Crippen molar-refractivity contribution in [3.8, 4) is 5.75 Å². The molecule has 3 aliphatic heterocycles. The molecule has 3 fully saturated rings. The van der Waals surface area contributed by atoms with Crippen LogP contribution in [0.5, 0.6) is 5.75 Å². The molecule has 32 heavy (non-hydrogen) atoms. The first-order valence-corrected chi connectivity index (χ1v) is 10.6. The summed E-state index contributed by atoms with van der Waals surface area (Å²) >= 11 is 0. The predicted molar refractivity (Wildman–Crippen MR) is 112 cm³/mol. The molecule has 3 heterocycles. The van der Waals surface area contributed by atoms with Crippen LogP contribution in [-0.4, -0.2) is 67.2 Å².